The Morgan fingerprint density at radius 2 is 2.11 bits per heavy atom. The largest absolute Gasteiger partial charge is 0.378 e. The second-order valence-corrected chi connectivity index (χ2v) is 4.86. The van der Waals surface area contributed by atoms with Gasteiger partial charge in [-0.1, -0.05) is 0 Å². The van der Waals surface area contributed by atoms with Crippen LogP contribution in [0.3, 0.4) is 0 Å². The average molecular weight is 264 g/mol. The summed E-state index contributed by atoms with van der Waals surface area (Å²) in [5, 5.41) is 3.33. The van der Waals surface area contributed by atoms with Gasteiger partial charge in [-0.25, -0.2) is 9.97 Å². The molecular formula is C13H20N4O2. The highest BCUT2D eigenvalue weighted by molar-refractivity contribution is 5.40. The standard InChI is InChI=1S/C13H20N4O2/c1-10-15-11(12-9-14-2-5-19-12)8-13(16-10)17-3-6-18-7-4-17/h8,12,14H,2-7,9H2,1H3/t12-/m0/s1. The number of nitrogens with zero attached hydrogens (tertiary/aromatic N) is 3. The molecule has 6 nitrogen and oxygen atoms in total. The molecule has 1 N–H and O–H groups in total. The van der Waals surface area contributed by atoms with Crippen LogP contribution < -0.4 is 10.2 Å². The van der Waals surface area contributed by atoms with E-state index in [-0.39, 0.29) is 6.10 Å². The first-order chi connectivity index (χ1) is 9.33. The normalized spacial score (nSPS) is 24.5. The van der Waals surface area contributed by atoms with E-state index < -0.39 is 0 Å². The van der Waals surface area contributed by atoms with Crippen molar-refractivity contribution in [2.75, 3.05) is 50.9 Å². The maximum atomic E-state index is 5.77. The van der Waals surface area contributed by atoms with Gasteiger partial charge in [0.2, 0.25) is 0 Å². The zero-order valence-electron chi connectivity index (χ0n) is 11.3. The summed E-state index contributed by atoms with van der Waals surface area (Å²) in [4.78, 5) is 11.3. The Morgan fingerprint density at radius 3 is 2.84 bits per heavy atom. The predicted molar refractivity (Wildman–Crippen MR) is 71.4 cm³/mol. The van der Waals surface area contributed by atoms with Gasteiger partial charge in [0.25, 0.3) is 0 Å². The van der Waals surface area contributed by atoms with E-state index in [1.54, 1.807) is 0 Å². The van der Waals surface area contributed by atoms with Crippen LogP contribution in [0.4, 0.5) is 5.82 Å². The number of hydrogen-bond donors (Lipinski definition) is 1. The number of aromatic nitrogens is 2. The second kappa shape index (κ2) is 5.81. The molecule has 2 aliphatic heterocycles. The molecule has 0 aromatic carbocycles. The van der Waals surface area contributed by atoms with Crippen LogP contribution in [0.2, 0.25) is 0 Å². The van der Waals surface area contributed by atoms with Crippen LogP contribution in [0.25, 0.3) is 0 Å². The van der Waals surface area contributed by atoms with E-state index in [2.05, 4.69) is 26.3 Å². The summed E-state index contributed by atoms with van der Waals surface area (Å²) in [6, 6.07) is 2.05. The molecule has 3 heterocycles. The lowest BCUT2D eigenvalue weighted by atomic mass is 10.2. The minimum atomic E-state index is 0.0373. The molecule has 0 unspecified atom stereocenters. The molecule has 1 atom stereocenters. The lowest BCUT2D eigenvalue weighted by Crippen LogP contribution is -2.37. The van der Waals surface area contributed by atoms with Crippen LogP contribution >= 0.6 is 0 Å². The highest BCUT2D eigenvalue weighted by Crippen LogP contribution is 2.21. The molecule has 3 rings (SSSR count). The van der Waals surface area contributed by atoms with Gasteiger partial charge in [0.05, 0.1) is 25.5 Å². The third kappa shape index (κ3) is 3.02. The summed E-state index contributed by atoms with van der Waals surface area (Å²) in [6.45, 7) is 7.71. The number of aryl methyl sites for hydroxylation is 1. The van der Waals surface area contributed by atoms with Gasteiger partial charge in [0.1, 0.15) is 17.7 Å². The number of rotatable bonds is 2. The number of morpholine rings is 2. The summed E-state index contributed by atoms with van der Waals surface area (Å²) in [6.07, 6.45) is 0.0373. The molecule has 19 heavy (non-hydrogen) atoms. The van der Waals surface area contributed by atoms with Crippen molar-refractivity contribution in [1.29, 1.82) is 0 Å². The van der Waals surface area contributed by atoms with E-state index in [9.17, 15) is 0 Å². The Kier molecular flexibility index (Phi) is 3.91. The van der Waals surface area contributed by atoms with E-state index in [0.29, 0.717) is 0 Å². The SMILES string of the molecule is Cc1nc([C@@H]2CNCCO2)cc(N2CCOCC2)n1. The second-order valence-electron chi connectivity index (χ2n) is 4.86. The van der Waals surface area contributed by atoms with Gasteiger partial charge >= 0.3 is 0 Å². The fraction of sp³-hybridized carbons (Fsp3) is 0.692. The first-order valence-electron chi connectivity index (χ1n) is 6.83. The van der Waals surface area contributed by atoms with E-state index in [1.807, 2.05) is 6.92 Å². The van der Waals surface area contributed by atoms with Crippen LogP contribution in [-0.2, 0) is 9.47 Å². The van der Waals surface area contributed by atoms with Crippen LogP contribution in [0.1, 0.15) is 17.6 Å². The number of hydrogen-bond acceptors (Lipinski definition) is 6. The Bertz CT molecular complexity index is 392. The zero-order valence-corrected chi connectivity index (χ0v) is 11.3. The van der Waals surface area contributed by atoms with E-state index in [1.165, 1.54) is 0 Å². The molecule has 0 saturated carbocycles. The maximum absolute atomic E-state index is 5.77. The molecule has 0 aliphatic carbocycles. The van der Waals surface area contributed by atoms with Crippen LogP contribution in [0, 0.1) is 6.92 Å². The smallest absolute Gasteiger partial charge is 0.132 e. The lowest BCUT2D eigenvalue weighted by Gasteiger charge is -2.29. The zero-order chi connectivity index (χ0) is 13.1. The fourth-order valence-corrected chi connectivity index (χ4v) is 2.45. The Balaban J connectivity index is 1.82. The molecule has 1 aromatic heterocycles. The molecule has 0 radical (unpaired) electrons. The third-order valence-corrected chi connectivity index (χ3v) is 3.44. The van der Waals surface area contributed by atoms with Gasteiger partial charge in [0, 0.05) is 32.2 Å². The molecular weight excluding hydrogens is 244 g/mol. The fourth-order valence-electron chi connectivity index (χ4n) is 2.45. The quantitative estimate of drug-likeness (QED) is 0.828. The molecule has 0 bridgehead atoms. The van der Waals surface area contributed by atoms with E-state index in [4.69, 9.17) is 9.47 Å². The minimum absolute atomic E-state index is 0.0373. The minimum Gasteiger partial charge on any atom is -0.378 e. The van der Waals surface area contributed by atoms with Crippen molar-refractivity contribution in [1.82, 2.24) is 15.3 Å². The van der Waals surface area contributed by atoms with Crippen LogP contribution in [0.5, 0.6) is 0 Å². The van der Waals surface area contributed by atoms with Crippen molar-refractivity contribution in [3.63, 3.8) is 0 Å². The van der Waals surface area contributed by atoms with Gasteiger partial charge in [-0.15, -0.1) is 0 Å². The summed E-state index contributed by atoms with van der Waals surface area (Å²) in [7, 11) is 0. The molecule has 0 amide bonds. The Hall–Kier alpha value is -1.24. The van der Waals surface area contributed by atoms with Gasteiger partial charge in [0.15, 0.2) is 0 Å². The molecule has 2 saturated heterocycles. The van der Waals surface area contributed by atoms with Crippen molar-refractivity contribution in [3.05, 3.63) is 17.6 Å². The van der Waals surface area contributed by atoms with Gasteiger partial charge in [-0.3, -0.25) is 0 Å². The van der Waals surface area contributed by atoms with Crippen molar-refractivity contribution in [2.45, 2.75) is 13.0 Å². The average Bonchev–Trinajstić information content (AvgIpc) is 2.48. The van der Waals surface area contributed by atoms with Crippen molar-refractivity contribution in [3.8, 4) is 0 Å². The first kappa shape index (κ1) is 12.8. The third-order valence-electron chi connectivity index (χ3n) is 3.44. The highest BCUT2D eigenvalue weighted by atomic mass is 16.5. The van der Waals surface area contributed by atoms with Gasteiger partial charge in [-0.05, 0) is 6.92 Å². The topological polar surface area (TPSA) is 59.5 Å². The van der Waals surface area contributed by atoms with E-state index >= 15 is 0 Å². The Morgan fingerprint density at radius 1 is 1.26 bits per heavy atom. The maximum Gasteiger partial charge on any atom is 0.132 e. The summed E-state index contributed by atoms with van der Waals surface area (Å²) in [5.74, 6) is 1.79. The number of ether oxygens (including phenoxy) is 2. The monoisotopic (exact) mass is 264 g/mol. The summed E-state index contributed by atoms with van der Waals surface area (Å²) < 4.78 is 11.1. The molecule has 2 aliphatic rings. The predicted octanol–water partition coefficient (Wildman–Crippen LogP) is 0.283. The molecule has 0 spiro atoms. The first-order valence-corrected chi connectivity index (χ1v) is 6.83. The van der Waals surface area contributed by atoms with Crippen molar-refractivity contribution in [2.24, 2.45) is 0 Å². The van der Waals surface area contributed by atoms with Crippen molar-refractivity contribution < 1.29 is 9.47 Å². The van der Waals surface area contributed by atoms with Gasteiger partial charge < -0.3 is 19.7 Å². The molecule has 1 aromatic rings. The highest BCUT2D eigenvalue weighted by Gasteiger charge is 2.20. The molecule has 104 valence electrons. The lowest BCUT2D eigenvalue weighted by molar-refractivity contribution is 0.0248. The summed E-state index contributed by atoms with van der Waals surface area (Å²) >= 11 is 0. The van der Waals surface area contributed by atoms with Crippen LogP contribution in [-0.4, -0.2) is 56.0 Å². The van der Waals surface area contributed by atoms with Crippen molar-refractivity contribution >= 4 is 5.82 Å². The van der Waals surface area contributed by atoms with Crippen LogP contribution in [0.15, 0.2) is 6.07 Å². The Labute approximate surface area is 113 Å². The molecule has 6 heteroatoms. The molecule has 2 fully saturated rings. The summed E-state index contributed by atoms with van der Waals surface area (Å²) in [5.41, 5.74) is 0.973. The number of anilines is 1. The van der Waals surface area contributed by atoms with Gasteiger partial charge in [-0.2, -0.15) is 0 Å². The van der Waals surface area contributed by atoms with E-state index in [0.717, 1.165) is 63.3 Å². The number of nitrogens with one attached hydrogen (secondary N) is 1.